The van der Waals surface area contributed by atoms with Crippen LogP contribution in [0.3, 0.4) is 0 Å². The predicted octanol–water partition coefficient (Wildman–Crippen LogP) is 1.54. The average Bonchev–Trinajstić information content (AvgIpc) is 2.98. The molecule has 21 heavy (non-hydrogen) atoms. The molecule has 8 heteroatoms. The third-order valence-corrected chi connectivity index (χ3v) is 2.70. The lowest BCUT2D eigenvalue weighted by molar-refractivity contribution is -0.384. The molecule has 0 fully saturated rings. The first-order valence-electron chi connectivity index (χ1n) is 5.86. The number of esters is 1. The second-order valence-electron chi connectivity index (χ2n) is 4.11. The number of ketones is 1. The lowest BCUT2D eigenvalue weighted by atomic mass is 10.1. The summed E-state index contributed by atoms with van der Waals surface area (Å²) in [6, 6.07) is 6.58. The van der Waals surface area contributed by atoms with Crippen LogP contribution in [-0.2, 0) is 4.74 Å². The van der Waals surface area contributed by atoms with Crippen molar-refractivity contribution in [3.63, 3.8) is 0 Å². The van der Waals surface area contributed by atoms with Gasteiger partial charge >= 0.3 is 5.97 Å². The number of ether oxygens (including phenoxy) is 1. The van der Waals surface area contributed by atoms with Crippen molar-refractivity contribution in [2.75, 3.05) is 12.3 Å². The molecule has 0 saturated carbocycles. The largest absolute Gasteiger partial charge is 0.454 e. The summed E-state index contributed by atoms with van der Waals surface area (Å²) >= 11 is 0. The van der Waals surface area contributed by atoms with E-state index in [1.165, 1.54) is 6.07 Å². The summed E-state index contributed by atoms with van der Waals surface area (Å²) in [5.74, 6) is -1.21. The van der Waals surface area contributed by atoms with Crippen molar-refractivity contribution >= 4 is 23.1 Å². The van der Waals surface area contributed by atoms with E-state index in [-0.39, 0.29) is 16.9 Å². The van der Waals surface area contributed by atoms with Crippen LogP contribution in [0.2, 0.25) is 0 Å². The Kier molecular flexibility index (Phi) is 3.98. The van der Waals surface area contributed by atoms with E-state index in [2.05, 4.69) is 4.98 Å². The van der Waals surface area contributed by atoms with Crippen LogP contribution in [0.5, 0.6) is 0 Å². The highest BCUT2D eigenvalue weighted by Gasteiger charge is 2.17. The molecule has 0 bridgehead atoms. The number of hydrogen-bond donors (Lipinski definition) is 2. The summed E-state index contributed by atoms with van der Waals surface area (Å²) in [5, 5.41) is 10.6. The predicted molar refractivity (Wildman–Crippen MR) is 72.9 cm³/mol. The third kappa shape index (κ3) is 3.24. The number of anilines is 1. The summed E-state index contributed by atoms with van der Waals surface area (Å²) in [7, 11) is 0. The molecule has 0 aliphatic carbocycles. The van der Waals surface area contributed by atoms with Crippen molar-refractivity contribution in [3.05, 3.63) is 57.9 Å². The zero-order chi connectivity index (χ0) is 15.4. The topological polar surface area (TPSA) is 128 Å². The lowest BCUT2D eigenvalue weighted by Gasteiger charge is -2.06. The smallest absolute Gasteiger partial charge is 0.340 e. The number of carbonyl (C=O) groups excluding carboxylic acids is 2. The van der Waals surface area contributed by atoms with Gasteiger partial charge in [-0.05, 0) is 18.2 Å². The standard InChI is InChI=1S/C13H11N3O5/c14-10-6-8(16(19)20)3-4-9(10)13(18)21-7-12(17)11-2-1-5-15-11/h1-6,15H,7,14H2. The first-order chi connectivity index (χ1) is 9.99. The van der Waals surface area contributed by atoms with E-state index < -0.39 is 23.3 Å². The molecule has 0 atom stereocenters. The molecule has 0 spiro atoms. The van der Waals surface area contributed by atoms with E-state index in [0.717, 1.165) is 12.1 Å². The van der Waals surface area contributed by atoms with Gasteiger partial charge in [-0.15, -0.1) is 0 Å². The maximum atomic E-state index is 11.8. The molecular weight excluding hydrogens is 278 g/mol. The van der Waals surface area contributed by atoms with Gasteiger partial charge in [0.2, 0.25) is 5.78 Å². The van der Waals surface area contributed by atoms with E-state index in [1.807, 2.05) is 0 Å². The number of aromatic nitrogens is 1. The molecule has 2 rings (SSSR count). The zero-order valence-corrected chi connectivity index (χ0v) is 10.7. The van der Waals surface area contributed by atoms with Gasteiger partial charge in [-0.1, -0.05) is 0 Å². The Morgan fingerprint density at radius 1 is 1.33 bits per heavy atom. The first kappa shape index (κ1) is 14.3. The molecule has 0 amide bonds. The summed E-state index contributed by atoms with van der Waals surface area (Å²) < 4.78 is 4.84. The lowest BCUT2D eigenvalue weighted by Crippen LogP contribution is -2.15. The Balaban J connectivity index is 2.04. The molecule has 3 N–H and O–H groups in total. The van der Waals surface area contributed by atoms with Gasteiger partial charge in [0, 0.05) is 18.3 Å². The molecule has 0 aliphatic rings. The number of nitrogens with zero attached hydrogens (tertiary/aromatic N) is 1. The number of non-ortho nitro benzene ring substituents is 1. The molecule has 1 aromatic heterocycles. The van der Waals surface area contributed by atoms with Crippen molar-refractivity contribution in [1.82, 2.24) is 4.98 Å². The average molecular weight is 289 g/mol. The fourth-order valence-corrected chi connectivity index (χ4v) is 1.64. The Bertz CT molecular complexity index is 694. The minimum absolute atomic E-state index is 0.0279. The first-order valence-corrected chi connectivity index (χ1v) is 5.86. The van der Waals surface area contributed by atoms with Gasteiger partial charge < -0.3 is 15.5 Å². The van der Waals surface area contributed by atoms with Gasteiger partial charge in [-0.2, -0.15) is 0 Å². The number of benzene rings is 1. The van der Waals surface area contributed by atoms with E-state index >= 15 is 0 Å². The molecule has 1 heterocycles. The molecule has 108 valence electrons. The highest BCUT2D eigenvalue weighted by atomic mass is 16.6. The second-order valence-corrected chi connectivity index (χ2v) is 4.11. The van der Waals surface area contributed by atoms with Gasteiger partial charge in [-0.3, -0.25) is 14.9 Å². The Hall–Kier alpha value is -3.16. The number of rotatable bonds is 5. The summed E-state index contributed by atoms with van der Waals surface area (Å²) in [6.45, 7) is -0.449. The Labute approximate surface area is 118 Å². The number of nitrogens with one attached hydrogen (secondary N) is 1. The van der Waals surface area contributed by atoms with Crippen LogP contribution in [0.4, 0.5) is 11.4 Å². The van der Waals surface area contributed by atoms with Crippen LogP contribution in [-0.4, -0.2) is 28.3 Å². The van der Waals surface area contributed by atoms with Gasteiger partial charge in [0.15, 0.2) is 6.61 Å². The quantitative estimate of drug-likeness (QED) is 0.282. The van der Waals surface area contributed by atoms with E-state index in [1.54, 1.807) is 18.3 Å². The molecule has 0 aliphatic heterocycles. The third-order valence-electron chi connectivity index (χ3n) is 2.70. The highest BCUT2D eigenvalue weighted by Crippen LogP contribution is 2.20. The van der Waals surface area contributed by atoms with Gasteiger partial charge in [0.1, 0.15) is 0 Å². The fourth-order valence-electron chi connectivity index (χ4n) is 1.64. The van der Waals surface area contributed by atoms with Crippen LogP contribution in [0.25, 0.3) is 0 Å². The normalized spacial score (nSPS) is 10.1. The van der Waals surface area contributed by atoms with Crippen LogP contribution in [0.15, 0.2) is 36.5 Å². The zero-order valence-electron chi connectivity index (χ0n) is 10.7. The maximum absolute atomic E-state index is 11.8. The van der Waals surface area contributed by atoms with Crippen molar-refractivity contribution in [2.45, 2.75) is 0 Å². The summed E-state index contributed by atoms with van der Waals surface area (Å²) in [5.41, 5.74) is 5.54. The highest BCUT2D eigenvalue weighted by molar-refractivity contribution is 6.00. The monoisotopic (exact) mass is 289 g/mol. The van der Waals surface area contributed by atoms with Crippen molar-refractivity contribution in [1.29, 1.82) is 0 Å². The number of hydrogen-bond acceptors (Lipinski definition) is 6. The number of aromatic amines is 1. The molecule has 0 unspecified atom stereocenters. The molecule has 1 aromatic carbocycles. The number of H-pyrrole nitrogens is 1. The molecule has 2 aromatic rings. The summed E-state index contributed by atoms with van der Waals surface area (Å²) in [6.07, 6.45) is 1.57. The van der Waals surface area contributed by atoms with Crippen molar-refractivity contribution < 1.29 is 19.2 Å². The fraction of sp³-hybridized carbons (Fsp3) is 0.0769. The van der Waals surface area contributed by atoms with Crippen LogP contribution >= 0.6 is 0 Å². The minimum Gasteiger partial charge on any atom is -0.454 e. The molecule has 0 radical (unpaired) electrons. The van der Waals surface area contributed by atoms with E-state index in [4.69, 9.17) is 10.5 Å². The van der Waals surface area contributed by atoms with Gasteiger partial charge in [0.05, 0.1) is 21.9 Å². The second kappa shape index (κ2) is 5.87. The van der Waals surface area contributed by atoms with Gasteiger partial charge in [0.25, 0.3) is 5.69 Å². The molecule has 0 saturated heterocycles. The minimum atomic E-state index is -0.817. The van der Waals surface area contributed by atoms with E-state index in [9.17, 15) is 19.7 Å². The SMILES string of the molecule is Nc1cc([N+](=O)[O-])ccc1C(=O)OCC(=O)c1ccc[nH]1. The number of nitrogens with two attached hydrogens (primary N) is 1. The van der Waals surface area contributed by atoms with Crippen LogP contribution in [0.1, 0.15) is 20.8 Å². The Morgan fingerprint density at radius 2 is 2.10 bits per heavy atom. The number of Topliss-reactive ketones (excluding diaryl/α,β-unsaturated/α-hetero) is 1. The van der Waals surface area contributed by atoms with Crippen LogP contribution < -0.4 is 5.73 Å². The number of nitrogen functional groups attached to an aromatic ring is 1. The van der Waals surface area contributed by atoms with Gasteiger partial charge in [-0.25, -0.2) is 4.79 Å². The number of nitro benzene ring substituents is 1. The molecular formula is C13H11N3O5. The number of carbonyl (C=O) groups is 2. The van der Waals surface area contributed by atoms with Crippen LogP contribution in [0, 0.1) is 10.1 Å². The maximum Gasteiger partial charge on any atom is 0.340 e. The summed E-state index contributed by atoms with van der Waals surface area (Å²) in [4.78, 5) is 36.1. The van der Waals surface area contributed by atoms with Crippen molar-refractivity contribution in [3.8, 4) is 0 Å². The number of nitro groups is 1. The van der Waals surface area contributed by atoms with E-state index in [0.29, 0.717) is 5.69 Å². The van der Waals surface area contributed by atoms with Crippen molar-refractivity contribution in [2.24, 2.45) is 0 Å². The Morgan fingerprint density at radius 3 is 2.67 bits per heavy atom. The molecule has 8 nitrogen and oxygen atoms in total.